The summed E-state index contributed by atoms with van der Waals surface area (Å²) in [4.78, 5) is -0.218. The van der Waals surface area contributed by atoms with Gasteiger partial charge in [0.05, 0.1) is 10.0 Å². The molecule has 0 spiro atoms. The van der Waals surface area contributed by atoms with Gasteiger partial charge < -0.3 is 5.73 Å². The fourth-order valence-electron chi connectivity index (χ4n) is 1.73. The van der Waals surface area contributed by atoms with Crippen molar-refractivity contribution in [1.82, 2.24) is 0 Å². The van der Waals surface area contributed by atoms with Gasteiger partial charge in [-0.15, -0.1) is 0 Å². The topological polar surface area (TPSA) is 72.2 Å². The van der Waals surface area contributed by atoms with Crippen molar-refractivity contribution in [2.24, 2.45) is 0 Å². The van der Waals surface area contributed by atoms with E-state index in [2.05, 4.69) is 4.72 Å². The fourth-order valence-corrected chi connectivity index (χ4v) is 4.33. The maximum Gasteiger partial charge on any atom is 0.264 e. The number of nitrogen functional groups attached to an aromatic ring is 1. The Morgan fingerprint density at radius 1 is 1.05 bits per heavy atom. The van der Waals surface area contributed by atoms with E-state index in [9.17, 15) is 8.42 Å². The zero-order valence-corrected chi connectivity index (χ0v) is 13.9. The molecule has 4 nitrogen and oxygen atoms in total. The highest BCUT2D eigenvalue weighted by Gasteiger charge is 2.22. The summed E-state index contributed by atoms with van der Waals surface area (Å²) in [5.41, 5.74) is 7.38. The minimum atomic E-state index is -3.93. The summed E-state index contributed by atoms with van der Waals surface area (Å²) in [7, 11) is -3.93. The number of halogens is 3. The first-order valence-corrected chi connectivity index (χ1v) is 8.36. The molecule has 3 N–H and O–H groups in total. The molecule has 0 aliphatic carbocycles. The molecule has 0 atom stereocenters. The second kappa shape index (κ2) is 5.93. The summed E-state index contributed by atoms with van der Waals surface area (Å²) in [6, 6.07) is 7.41. The van der Waals surface area contributed by atoms with Gasteiger partial charge in [-0.25, -0.2) is 8.42 Å². The minimum Gasteiger partial charge on any atom is -0.399 e. The van der Waals surface area contributed by atoms with Crippen molar-refractivity contribution in [1.29, 1.82) is 0 Å². The van der Waals surface area contributed by atoms with Gasteiger partial charge in [-0.1, -0.05) is 34.8 Å². The molecule has 0 heterocycles. The highest BCUT2D eigenvalue weighted by Crippen LogP contribution is 2.34. The van der Waals surface area contributed by atoms with Gasteiger partial charge in [0.15, 0.2) is 0 Å². The number of rotatable bonds is 3. The molecule has 0 aromatic heterocycles. The summed E-state index contributed by atoms with van der Waals surface area (Å²) in [6.45, 7) is 1.77. The number of aryl methyl sites for hydroxylation is 1. The number of nitrogens with two attached hydrogens (primary N) is 1. The van der Waals surface area contributed by atoms with Crippen LogP contribution in [-0.2, 0) is 10.0 Å². The first-order chi connectivity index (χ1) is 9.70. The van der Waals surface area contributed by atoms with Crippen LogP contribution >= 0.6 is 34.8 Å². The van der Waals surface area contributed by atoms with Crippen LogP contribution in [0.5, 0.6) is 0 Å². The lowest BCUT2D eigenvalue weighted by Gasteiger charge is -2.12. The third-order valence-electron chi connectivity index (χ3n) is 2.75. The Hall–Kier alpha value is -1.14. The molecule has 0 aliphatic rings. The van der Waals surface area contributed by atoms with E-state index in [1.807, 2.05) is 0 Å². The van der Waals surface area contributed by atoms with Crippen molar-refractivity contribution in [3.05, 3.63) is 51.0 Å². The highest BCUT2D eigenvalue weighted by molar-refractivity contribution is 7.93. The third kappa shape index (κ3) is 3.55. The maximum atomic E-state index is 12.4. The second-order valence-corrected chi connectivity index (χ2v) is 7.25. The first kappa shape index (κ1) is 16.2. The van der Waals surface area contributed by atoms with Crippen molar-refractivity contribution in [3.8, 4) is 0 Å². The summed E-state index contributed by atoms with van der Waals surface area (Å²) in [5, 5.41) is 0.159. The van der Waals surface area contributed by atoms with Crippen LogP contribution in [0.4, 0.5) is 11.4 Å². The van der Waals surface area contributed by atoms with Gasteiger partial charge in [0.1, 0.15) is 4.90 Å². The van der Waals surface area contributed by atoms with E-state index in [0.29, 0.717) is 11.4 Å². The van der Waals surface area contributed by atoms with Crippen molar-refractivity contribution < 1.29 is 8.42 Å². The quantitative estimate of drug-likeness (QED) is 0.795. The van der Waals surface area contributed by atoms with Crippen molar-refractivity contribution in [3.63, 3.8) is 0 Å². The Bertz CT molecular complexity index is 784. The molecule has 2 aromatic rings. The molecule has 0 unspecified atom stereocenters. The minimum absolute atomic E-state index is 0.0489. The van der Waals surface area contributed by atoms with Crippen LogP contribution in [0.15, 0.2) is 35.2 Å². The molecule has 0 bridgehead atoms. The van der Waals surface area contributed by atoms with E-state index in [1.54, 1.807) is 25.1 Å². The number of hydrogen-bond acceptors (Lipinski definition) is 3. The molecule has 0 saturated carbocycles. The SMILES string of the molecule is Cc1cc(NS(=O)(=O)c2c(Cl)cc(Cl)cc2Cl)ccc1N. The fraction of sp³-hybridized carbons (Fsp3) is 0.0769. The van der Waals surface area contributed by atoms with Crippen LogP contribution in [0.3, 0.4) is 0 Å². The van der Waals surface area contributed by atoms with Gasteiger partial charge in [0.25, 0.3) is 10.0 Å². The van der Waals surface area contributed by atoms with Gasteiger partial charge in [-0.2, -0.15) is 0 Å². The molecule has 0 saturated heterocycles. The summed E-state index contributed by atoms with van der Waals surface area (Å²) < 4.78 is 27.2. The Morgan fingerprint density at radius 3 is 2.14 bits per heavy atom. The Labute approximate surface area is 137 Å². The summed E-state index contributed by atoms with van der Waals surface area (Å²) >= 11 is 17.6. The Balaban J connectivity index is 2.46. The van der Waals surface area contributed by atoms with E-state index in [1.165, 1.54) is 12.1 Å². The summed E-state index contributed by atoms with van der Waals surface area (Å²) in [5.74, 6) is 0. The second-order valence-electron chi connectivity index (χ2n) is 4.38. The average molecular weight is 366 g/mol. The van der Waals surface area contributed by atoms with Crippen LogP contribution in [0.1, 0.15) is 5.56 Å². The number of sulfonamides is 1. The van der Waals surface area contributed by atoms with Crippen molar-refractivity contribution in [2.45, 2.75) is 11.8 Å². The lowest BCUT2D eigenvalue weighted by molar-refractivity contribution is 0.601. The van der Waals surface area contributed by atoms with Crippen LogP contribution in [-0.4, -0.2) is 8.42 Å². The van der Waals surface area contributed by atoms with Gasteiger partial charge >= 0.3 is 0 Å². The molecule has 0 amide bonds. The van der Waals surface area contributed by atoms with Crippen molar-refractivity contribution in [2.75, 3.05) is 10.5 Å². The van der Waals surface area contributed by atoms with Gasteiger partial charge in [-0.05, 0) is 42.8 Å². The summed E-state index contributed by atoms with van der Waals surface area (Å²) in [6.07, 6.45) is 0. The maximum absolute atomic E-state index is 12.4. The van der Waals surface area contributed by atoms with Crippen LogP contribution in [0.25, 0.3) is 0 Å². The number of anilines is 2. The standard InChI is InChI=1S/C13H11Cl3N2O2S/c1-7-4-9(2-3-12(7)17)18-21(19,20)13-10(15)5-8(14)6-11(13)16/h2-6,18H,17H2,1H3. The predicted molar refractivity (Wildman–Crippen MR) is 87.9 cm³/mol. The van der Waals surface area contributed by atoms with Gasteiger partial charge in [-0.3, -0.25) is 4.72 Å². The number of hydrogen-bond donors (Lipinski definition) is 2. The van der Waals surface area contributed by atoms with Gasteiger partial charge in [0.2, 0.25) is 0 Å². The molecule has 112 valence electrons. The molecule has 2 aromatic carbocycles. The van der Waals surface area contributed by atoms with Crippen LogP contribution in [0, 0.1) is 6.92 Å². The van der Waals surface area contributed by atoms with E-state index in [4.69, 9.17) is 40.5 Å². The zero-order chi connectivity index (χ0) is 15.8. The molecular weight excluding hydrogens is 355 g/mol. The lowest BCUT2D eigenvalue weighted by atomic mass is 10.2. The predicted octanol–water partition coefficient (Wildman–Crippen LogP) is 4.34. The normalized spacial score (nSPS) is 11.4. The Kier molecular flexibility index (Phi) is 4.58. The molecule has 8 heteroatoms. The molecular formula is C13H11Cl3N2O2S. The molecule has 2 rings (SSSR count). The van der Waals surface area contributed by atoms with E-state index in [-0.39, 0.29) is 20.0 Å². The van der Waals surface area contributed by atoms with Crippen LogP contribution in [0.2, 0.25) is 15.1 Å². The lowest BCUT2D eigenvalue weighted by Crippen LogP contribution is -2.14. The van der Waals surface area contributed by atoms with Crippen LogP contribution < -0.4 is 10.5 Å². The largest absolute Gasteiger partial charge is 0.399 e. The van der Waals surface area contributed by atoms with Crippen molar-refractivity contribution >= 4 is 56.2 Å². The number of nitrogens with one attached hydrogen (secondary N) is 1. The molecule has 21 heavy (non-hydrogen) atoms. The smallest absolute Gasteiger partial charge is 0.264 e. The van der Waals surface area contributed by atoms with E-state index >= 15 is 0 Å². The average Bonchev–Trinajstić information content (AvgIpc) is 2.31. The first-order valence-electron chi connectivity index (χ1n) is 5.74. The molecule has 0 radical (unpaired) electrons. The highest BCUT2D eigenvalue weighted by atomic mass is 35.5. The van der Waals surface area contributed by atoms with E-state index in [0.717, 1.165) is 5.56 Å². The molecule has 0 fully saturated rings. The molecule has 0 aliphatic heterocycles. The number of benzene rings is 2. The van der Waals surface area contributed by atoms with Gasteiger partial charge in [0, 0.05) is 16.4 Å². The Morgan fingerprint density at radius 2 is 1.62 bits per heavy atom. The third-order valence-corrected chi connectivity index (χ3v) is 5.27. The monoisotopic (exact) mass is 364 g/mol. The van der Waals surface area contributed by atoms with E-state index < -0.39 is 10.0 Å². The zero-order valence-electron chi connectivity index (χ0n) is 10.8.